The lowest BCUT2D eigenvalue weighted by atomic mass is 9.61. The highest BCUT2D eigenvalue weighted by molar-refractivity contribution is 6.06. The van der Waals surface area contributed by atoms with Gasteiger partial charge >= 0.3 is 0 Å². The molecule has 13 atom stereocenters. The minimum Gasteiger partial charge on any atom is -0.508 e. The number of carbonyl (C=O) groups is 2. The van der Waals surface area contributed by atoms with E-state index < -0.39 is 53.0 Å². The van der Waals surface area contributed by atoms with Gasteiger partial charge in [0, 0.05) is 78.3 Å². The Bertz CT molecular complexity index is 3830. The number of H-pyrrole nitrogens is 1. The molecule has 0 unspecified atom stereocenters. The number of aromatic nitrogens is 1. The Kier molecular flexibility index (Phi) is 20.8. The Balaban J connectivity index is 0.971. The summed E-state index contributed by atoms with van der Waals surface area (Å²) in [6.45, 7) is 7.92. The molecule has 2 aliphatic heterocycles. The smallest absolute Gasteiger partial charge is 0.173 e. The first-order valence-electron chi connectivity index (χ1n) is 35.1. The maximum Gasteiger partial charge on any atom is 0.173 e. The van der Waals surface area contributed by atoms with Gasteiger partial charge in [0.2, 0.25) is 0 Å². The number of carbonyl (C=O) groups excluding carboxylic acids is 2. The Hall–Kier alpha value is -7.38. The third-order valence-corrected chi connectivity index (χ3v) is 22.9. The van der Waals surface area contributed by atoms with Gasteiger partial charge in [0.15, 0.2) is 29.2 Å². The van der Waals surface area contributed by atoms with Crippen LogP contribution in [-0.4, -0.2) is 97.4 Å². The lowest BCUT2D eigenvalue weighted by Crippen LogP contribution is -2.48. The molecule has 3 heterocycles. The third-order valence-electron chi connectivity index (χ3n) is 22.9. The number of Topliss-reactive ketones (excluding diaryl/α,β-unsaturated/α-hetero) is 2. The predicted octanol–water partition coefficient (Wildman–Crippen LogP) is 12.9. The number of allylic oxidation sites excluding steroid dienone is 2. The molecule has 5 aromatic carbocycles. The highest BCUT2D eigenvalue weighted by Crippen LogP contribution is 2.52. The van der Waals surface area contributed by atoms with E-state index in [2.05, 4.69) is 96.2 Å². The second-order valence-corrected chi connectivity index (χ2v) is 28.8. The molecule has 9 bridgehead atoms. The number of methoxy groups -OCH3 is 1. The number of hydrogen-bond acceptors (Lipinski definition) is 13. The van der Waals surface area contributed by atoms with Crippen LogP contribution in [0.1, 0.15) is 185 Å². The van der Waals surface area contributed by atoms with Crippen molar-refractivity contribution in [3.8, 4) is 34.8 Å². The standard InChI is InChI=1S/C80H98N4O10/c1-5-12-63-58-34-50(32-49-27-30-82-75(35-49)84-60-24-21-51-17-20-57(76(90)68(51)41-60)37-61(86)45-81-43-48(3)59-40-74(83-44-59)80(79(63)93)28-9-6-10-29-80)33-55-22-25-65(66-42-72(89)73(94-4)39-56(66)23-26-71(88)78(92)77(91)67(55)38-58)64-15-8-7-14-62(64)54-19-18-52(47(2)31-54)36-53-13-11-16-70(87)69(53)46-85/h7-8,11,13-17,20-21,24,27,35,39-42,44,47-48,50,52,54-55,58,61,63,65,67,78-79,81-87,89-90,92-93H,5-6,9-10,12,18-19,23,26,28-34,36-38,43,45-46H2,1-4H3/t47-,48+,50+,52+,54-,55-,58+,61+,63+,65-,67+,78-,79-/m0/s1. The van der Waals surface area contributed by atoms with Crippen molar-refractivity contribution >= 4 is 28.0 Å². The predicted molar refractivity (Wildman–Crippen MR) is 369 cm³/mol. The summed E-state index contributed by atoms with van der Waals surface area (Å²) in [6.07, 6.45) is 15.1. The summed E-state index contributed by atoms with van der Waals surface area (Å²) in [4.78, 5) is 34.1. The van der Waals surface area contributed by atoms with Crippen molar-refractivity contribution in [2.75, 3.05) is 32.1 Å². The van der Waals surface area contributed by atoms with E-state index in [4.69, 9.17) is 4.74 Å². The van der Waals surface area contributed by atoms with E-state index in [1.807, 2.05) is 48.5 Å². The molecule has 4 aliphatic carbocycles. The van der Waals surface area contributed by atoms with Gasteiger partial charge in [0.1, 0.15) is 17.3 Å². The number of dihydropyridines is 1. The summed E-state index contributed by atoms with van der Waals surface area (Å²) >= 11 is 0. The summed E-state index contributed by atoms with van der Waals surface area (Å²) in [6, 6.07) is 29.6. The fraction of sp³-hybridized carbons (Fsp3) is 0.500. The van der Waals surface area contributed by atoms with E-state index in [0.717, 1.165) is 126 Å². The molecule has 498 valence electrons. The van der Waals surface area contributed by atoms with E-state index in [0.29, 0.717) is 80.1 Å². The van der Waals surface area contributed by atoms with Gasteiger partial charge in [-0.25, -0.2) is 0 Å². The van der Waals surface area contributed by atoms with E-state index in [1.54, 1.807) is 18.2 Å². The Labute approximate surface area is 554 Å². The van der Waals surface area contributed by atoms with Crippen LogP contribution in [0.3, 0.4) is 0 Å². The number of aromatic amines is 1. The molecule has 12 rings (SSSR count). The number of aliphatic hydroxyl groups excluding tert-OH is 4. The number of fused-ring (bicyclic) bond motifs is 10. The first-order chi connectivity index (χ1) is 45.5. The van der Waals surface area contributed by atoms with Crippen molar-refractivity contribution in [3.63, 3.8) is 0 Å². The molecule has 3 saturated carbocycles. The van der Waals surface area contributed by atoms with Gasteiger partial charge in [-0.05, 0) is 211 Å². The summed E-state index contributed by atoms with van der Waals surface area (Å²) in [5, 5.41) is 94.1. The molecule has 0 amide bonds. The molecular weight excluding hydrogens is 1180 g/mol. The van der Waals surface area contributed by atoms with Crippen LogP contribution in [0.5, 0.6) is 23.0 Å². The van der Waals surface area contributed by atoms with Crippen LogP contribution in [0.2, 0.25) is 0 Å². The van der Waals surface area contributed by atoms with Crippen LogP contribution in [0.25, 0.3) is 10.8 Å². The number of aromatic hydroxyl groups is 3. The minimum atomic E-state index is -1.89. The highest BCUT2D eigenvalue weighted by Gasteiger charge is 2.50. The first kappa shape index (κ1) is 66.6. The number of benzene rings is 5. The number of rotatable bonds is 8. The van der Waals surface area contributed by atoms with Gasteiger partial charge in [-0.1, -0.05) is 119 Å². The summed E-state index contributed by atoms with van der Waals surface area (Å²) in [7, 11) is 1.50. The molecule has 6 aliphatic rings. The molecule has 3 fully saturated rings. The number of anilines is 1. The first-order valence-corrected chi connectivity index (χ1v) is 35.1. The lowest BCUT2D eigenvalue weighted by molar-refractivity contribution is -0.142. The molecule has 1 aromatic heterocycles. The minimum absolute atomic E-state index is 0.0538. The summed E-state index contributed by atoms with van der Waals surface area (Å²) < 4.78 is 5.72. The van der Waals surface area contributed by atoms with Crippen molar-refractivity contribution < 1.29 is 50.1 Å². The van der Waals surface area contributed by atoms with Crippen molar-refractivity contribution in [1.82, 2.24) is 15.6 Å². The van der Waals surface area contributed by atoms with Crippen LogP contribution in [-0.2, 0) is 40.9 Å². The fourth-order valence-corrected chi connectivity index (χ4v) is 17.7. The topological polar surface area (TPSA) is 237 Å². The zero-order valence-electron chi connectivity index (χ0n) is 55.3. The quantitative estimate of drug-likeness (QED) is 0.0503. The van der Waals surface area contributed by atoms with E-state index >= 15 is 4.79 Å². The summed E-state index contributed by atoms with van der Waals surface area (Å²) in [5.41, 5.74) is 9.26. The van der Waals surface area contributed by atoms with Gasteiger partial charge in [0.05, 0.1) is 31.8 Å². The molecular formula is C80H98N4O10. The molecule has 0 radical (unpaired) electrons. The Morgan fingerprint density at radius 1 is 0.777 bits per heavy atom. The molecule has 94 heavy (non-hydrogen) atoms. The van der Waals surface area contributed by atoms with Crippen molar-refractivity contribution in [2.45, 2.75) is 184 Å². The van der Waals surface area contributed by atoms with Crippen molar-refractivity contribution in [2.24, 2.45) is 41.4 Å². The van der Waals surface area contributed by atoms with Gasteiger partial charge in [-0.3, -0.25) is 9.59 Å². The Morgan fingerprint density at radius 2 is 1.59 bits per heavy atom. The molecule has 0 saturated heterocycles. The number of β-amino-alcohol motifs (C(OH)–C–C–N with tert-alkyl or cyclic N) is 1. The second-order valence-electron chi connectivity index (χ2n) is 28.8. The van der Waals surface area contributed by atoms with Crippen LogP contribution >= 0.6 is 0 Å². The number of phenols is 3. The number of phenolic OH excluding ortho intramolecular Hbond substituents is 2. The van der Waals surface area contributed by atoms with Crippen LogP contribution in [0.15, 0.2) is 121 Å². The normalized spacial score (nSPS) is 28.7. The maximum absolute atomic E-state index is 15.7. The Morgan fingerprint density at radius 3 is 2.37 bits per heavy atom. The van der Waals surface area contributed by atoms with Crippen molar-refractivity contribution in [1.29, 1.82) is 0 Å². The molecule has 14 nitrogen and oxygen atoms in total. The van der Waals surface area contributed by atoms with Gasteiger partial charge in [0.25, 0.3) is 0 Å². The van der Waals surface area contributed by atoms with Crippen molar-refractivity contribution in [3.05, 3.63) is 171 Å². The fourth-order valence-electron chi connectivity index (χ4n) is 17.7. The van der Waals surface area contributed by atoms with Crippen LogP contribution in [0.4, 0.5) is 5.69 Å². The van der Waals surface area contributed by atoms with E-state index in [1.165, 1.54) is 7.11 Å². The lowest BCUT2D eigenvalue weighted by Gasteiger charge is -2.46. The highest BCUT2D eigenvalue weighted by atomic mass is 16.5. The largest absolute Gasteiger partial charge is 0.508 e. The van der Waals surface area contributed by atoms with Crippen LogP contribution in [0, 0.1) is 53.3 Å². The number of aryl methyl sites for hydroxylation is 1. The zero-order chi connectivity index (χ0) is 65.8. The molecule has 14 heteroatoms. The zero-order valence-corrected chi connectivity index (χ0v) is 55.3. The molecule has 1 spiro atoms. The molecule has 6 aromatic rings. The number of nitrogens with one attached hydrogen (secondary N) is 4. The maximum atomic E-state index is 15.7. The average molecular weight is 1280 g/mol. The van der Waals surface area contributed by atoms with E-state index in [9.17, 15) is 40.5 Å². The van der Waals surface area contributed by atoms with Crippen LogP contribution < -0.4 is 20.7 Å². The summed E-state index contributed by atoms with van der Waals surface area (Å²) in [5.74, 6) is 6.17. The van der Waals surface area contributed by atoms with E-state index in [-0.39, 0.29) is 78.5 Å². The van der Waals surface area contributed by atoms with Gasteiger partial charge < -0.3 is 61.4 Å². The monoisotopic (exact) mass is 1270 g/mol. The SMILES string of the molecule is CCC[C@@H]1[C@@H]2C[C@H](CC3=CCNC(=C3)Nc3ccc4ccc(c(O)c4c3)C[C@@H](O)CNC[C@@H](C)c3c[nH]c(c3)C3(CCCCC3)[C@H]1O)C[C@@H]1C#C[C@@H](c3ccccc3[C@H]3CC[C@H](Cc4cccc(O)c4CO)[C@@H](C)C3)c3cc(O)c(OC)cc3CCC(=O)[C@H](O)C(=O)[C@@H]1C2. The molecule has 11 N–H and O–H groups in total. The van der Waals surface area contributed by atoms with Gasteiger partial charge in [-0.2, -0.15) is 0 Å². The van der Waals surface area contributed by atoms with Gasteiger partial charge in [-0.15, -0.1) is 0 Å². The third kappa shape index (κ3) is 14.1. The number of hydrogen-bond donors (Lipinski definition) is 11. The average Bonchev–Trinajstić information content (AvgIpc) is 1.36. The number of ether oxygens (including phenoxy) is 1. The number of ketones is 2. The second kappa shape index (κ2) is 29.3. The number of aliphatic hydroxyl groups is 4.